The molecule has 1 rings (SSSR count). The van der Waals surface area contributed by atoms with Crippen molar-refractivity contribution in [2.24, 2.45) is 0 Å². The molecule has 0 aliphatic carbocycles. The van der Waals surface area contributed by atoms with E-state index in [9.17, 15) is 21.6 Å². The highest BCUT2D eigenvalue weighted by Gasteiger charge is 2.35. The molecule has 114 valence electrons. The Labute approximate surface area is 124 Å². The maximum absolute atomic E-state index is 13.0. The first-order valence-electron chi connectivity index (χ1n) is 5.76. The first-order chi connectivity index (χ1) is 9.04. The Bertz CT molecular complexity index is 573. The maximum atomic E-state index is 13.0. The van der Waals surface area contributed by atoms with Crippen LogP contribution in [0.5, 0.6) is 0 Å². The van der Waals surface area contributed by atoms with Gasteiger partial charge in [-0.1, -0.05) is 22.0 Å². The number of hydrogen-bond acceptors (Lipinski definition) is 3. The molecule has 8 heteroatoms. The van der Waals surface area contributed by atoms with Gasteiger partial charge in [0.2, 0.25) is 0 Å². The maximum Gasteiger partial charge on any atom is 0.416 e. The molecule has 0 aromatic heterocycles. The minimum absolute atomic E-state index is 0.0480. The van der Waals surface area contributed by atoms with E-state index in [1.165, 1.54) is 19.2 Å². The molecule has 3 nitrogen and oxygen atoms in total. The standard InChI is InChI=1S/C12H15BrF3NO2S/c1-17-11(5-6-20(2,18)19)9-4-3-8(13)7-10(9)12(14,15)16/h3-4,7,11,17H,5-6H2,1-2H3. The molecule has 0 aliphatic heterocycles. The quantitative estimate of drug-likeness (QED) is 0.861. The average Bonchev–Trinajstić information content (AvgIpc) is 2.28. The molecule has 0 fully saturated rings. The normalized spacial score (nSPS) is 14.3. The van der Waals surface area contributed by atoms with Crippen molar-refractivity contribution in [1.82, 2.24) is 5.32 Å². The number of benzene rings is 1. The van der Waals surface area contributed by atoms with Crippen LogP contribution in [-0.4, -0.2) is 27.5 Å². The summed E-state index contributed by atoms with van der Waals surface area (Å²) < 4.78 is 61.7. The Morgan fingerprint density at radius 3 is 2.40 bits per heavy atom. The molecule has 1 aromatic rings. The molecule has 0 saturated carbocycles. The second-order valence-electron chi connectivity index (χ2n) is 4.49. The zero-order valence-electron chi connectivity index (χ0n) is 11.0. The van der Waals surface area contributed by atoms with Gasteiger partial charge in [0.05, 0.1) is 11.3 Å². The van der Waals surface area contributed by atoms with E-state index in [0.29, 0.717) is 4.47 Å². The van der Waals surface area contributed by atoms with Crippen LogP contribution in [0.2, 0.25) is 0 Å². The molecule has 0 bridgehead atoms. The minimum atomic E-state index is -4.49. The Balaban J connectivity index is 3.15. The number of nitrogens with one attached hydrogen (secondary N) is 1. The van der Waals surface area contributed by atoms with Crippen LogP contribution < -0.4 is 5.32 Å². The third kappa shape index (κ3) is 5.06. The van der Waals surface area contributed by atoms with E-state index < -0.39 is 27.6 Å². The predicted octanol–water partition coefficient (Wildman–Crippen LogP) is 3.16. The van der Waals surface area contributed by atoms with Crippen molar-refractivity contribution in [2.75, 3.05) is 19.1 Å². The van der Waals surface area contributed by atoms with Crippen molar-refractivity contribution in [3.05, 3.63) is 33.8 Å². The van der Waals surface area contributed by atoms with E-state index in [2.05, 4.69) is 21.2 Å². The summed E-state index contributed by atoms with van der Waals surface area (Å²) in [7, 11) is -1.72. The van der Waals surface area contributed by atoms with E-state index in [1.807, 2.05) is 0 Å². The monoisotopic (exact) mass is 373 g/mol. The summed E-state index contributed by atoms with van der Waals surface area (Å²) in [6, 6.07) is 3.20. The highest BCUT2D eigenvalue weighted by molar-refractivity contribution is 9.10. The summed E-state index contributed by atoms with van der Waals surface area (Å²) in [5, 5.41) is 2.74. The number of alkyl halides is 3. The summed E-state index contributed by atoms with van der Waals surface area (Å²) in [4.78, 5) is 0. The smallest absolute Gasteiger partial charge is 0.313 e. The highest BCUT2D eigenvalue weighted by Crippen LogP contribution is 2.37. The van der Waals surface area contributed by atoms with E-state index >= 15 is 0 Å². The third-order valence-electron chi connectivity index (χ3n) is 2.82. The van der Waals surface area contributed by atoms with Crippen LogP contribution in [0.3, 0.4) is 0 Å². The van der Waals surface area contributed by atoms with Crippen molar-refractivity contribution < 1.29 is 21.6 Å². The molecule has 0 amide bonds. The number of sulfone groups is 1. The molecule has 1 aromatic carbocycles. The number of halogens is 4. The van der Waals surface area contributed by atoms with Crippen LogP contribution in [-0.2, 0) is 16.0 Å². The van der Waals surface area contributed by atoms with Gasteiger partial charge in [0.1, 0.15) is 9.84 Å². The molecular weight excluding hydrogens is 359 g/mol. The molecule has 1 N–H and O–H groups in total. The summed E-state index contributed by atoms with van der Waals surface area (Å²) in [5.41, 5.74) is -0.716. The fourth-order valence-corrected chi connectivity index (χ4v) is 2.89. The number of hydrogen-bond donors (Lipinski definition) is 1. The molecule has 0 aliphatic rings. The van der Waals surface area contributed by atoms with Crippen LogP contribution in [0, 0.1) is 0 Å². The zero-order valence-corrected chi connectivity index (χ0v) is 13.4. The lowest BCUT2D eigenvalue weighted by Gasteiger charge is -2.21. The summed E-state index contributed by atoms with van der Waals surface area (Å²) in [6.07, 6.45) is -3.34. The van der Waals surface area contributed by atoms with Crippen molar-refractivity contribution in [2.45, 2.75) is 18.6 Å². The van der Waals surface area contributed by atoms with Gasteiger partial charge in [-0.25, -0.2) is 8.42 Å². The lowest BCUT2D eigenvalue weighted by atomic mass is 9.98. The minimum Gasteiger partial charge on any atom is -0.313 e. The molecule has 0 spiro atoms. The molecule has 1 unspecified atom stereocenters. The summed E-state index contributed by atoms with van der Waals surface area (Å²) in [6.45, 7) is 0. The van der Waals surface area contributed by atoms with Crippen molar-refractivity contribution in [1.29, 1.82) is 0 Å². The van der Waals surface area contributed by atoms with Crippen LogP contribution in [0.4, 0.5) is 13.2 Å². The lowest BCUT2D eigenvalue weighted by Crippen LogP contribution is -2.23. The van der Waals surface area contributed by atoms with Crippen LogP contribution >= 0.6 is 15.9 Å². The van der Waals surface area contributed by atoms with Gasteiger partial charge in [0.15, 0.2) is 0 Å². The van der Waals surface area contributed by atoms with Crippen molar-refractivity contribution >= 4 is 25.8 Å². The summed E-state index contributed by atoms with van der Waals surface area (Å²) in [5.74, 6) is -0.175. The topological polar surface area (TPSA) is 46.2 Å². The SMILES string of the molecule is CNC(CCS(C)(=O)=O)c1ccc(Br)cc1C(F)(F)F. The molecular formula is C12H15BrF3NO2S. The van der Waals surface area contributed by atoms with Gasteiger partial charge in [-0.05, 0) is 31.2 Å². The zero-order chi connectivity index (χ0) is 15.6. The first kappa shape index (κ1) is 17.5. The Kier molecular flexibility index (Phi) is 5.62. The Hall–Kier alpha value is -0.600. The van der Waals surface area contributed by atoms with Crippen LogP contribution in [0.15, 0.2) is 22.7 Å². The average molecular weight is 374 g/mol. The molecule has 0 radical (unpaired) electrons. The van der Waals surface area contributed by atoms with Gasteiger partial charge in [-0.3, -0.25) is 0 Å². The Morgan fingerprint density at radius 2 is 1.95 bits per heavy atom. The van der Waals surface area contributed by atoms with Crippen LogP contribution in [0.1, 0.15) is 23.6 Å². The van der Waals surface area contributed by atoms with Gasteiger partial charge >= 0.3 is 6.18 Å². The van der Waals surface area contributed by atoms with Crippen molar-refractivity contribution in [3.8, 4) is 0 Å². The summed E-state index contributed by atoms with van der Waals surface area (Å²) >= 11 is 3.01. The molecule has 0 saturated heterocycles. The van der Waals surface area contributed by atoms with E-state index in [1.54, 1.807) is 0 Å². The highest BCUT2D eigenvalue weighted by atomic mass is 79.9. The molecule has 0 heterocycles. The van der Waals surface area contributed by atoms with Gasteiger partial charge < -0.3 is 5.32 Å². The Morgan fingerprint density at radius 1 is 1.35 bits per heavy atom. The van der Waals surface area contributed by atoms with Gasteiger partial charge in [-0.15, -0.1) is 0 Å². The van der Waals surface area contributed by atoms with Gasteiger partial charge in [0.25, 0.3) is 0 Å². The first-order valence-corrected chi connectivity index (χ1v) is 8.61. The molecule has 1 atom stereocenters. The lowest BCUT2D eigenvalue weighted by molar-refractivity contribution is -0.138. The van der Waals surface area contributed by atoms with E-state index in [0.717, 1.165) is 12.3 Å². The fourth-order valence-electron chi connectivity index (χ4n) is 1.87. The van der Waals surface area contributed by atoms with Gasteiger partial charge in [0, 0.05) is 16.8 Å². The molecule has 20 heavy (non-hydrogen) atoms. The second-order valence-corrected chi connectivity index (χ2v) is 7.66. The fraction of sp³-hybridized carbons (Fsp3) is 0.500. The second kappa shape index (κ2) is 6.44. The predicted molar refractivity (Wildman–Crippen MR) is 75.3 cm³/mol. The van der Waals surface area contributed by atoms with Gasteiger partial charge in [-0.2, -0.15) is 13.2 Å². The van der Waals surface area contributed by atoms with Crippen molar-refractivity contribution in [3.63, 3.8) is 0 Å². The number of rotatable bonds is 5. The third-order valence-corrected chi connectivity index (χ3v) is 4.29. The van der Waals surface area contributed by atoms with E-state index in [-0.39, 0.29) is 17.7 Å². The van der Waals surface area contributed by atoms with E-state index in [4.69, 9.17) is 0 Å². The van der Waals surface area contributed by atoms with Crippen LogP contribution in [0.25, 0.3) is 0 Å². The largest absolute Gasteiger partial charge is 0.416 e.